The molecule has 0 radical (unpaired) electrons. The average Bonchev–Trinajstić information content (AvgIpc) is 3.31. The molecule has 4 atom stereocenters. The van der Waals surface area contributed by atoms with E-state index in [0.717, 1.165) is 38.5 Å². The zero-order valence-corrected chi connectivity index (χ0v) is 44.3. The van der Waals surface area contributed by atoms with E-state index < -0.39 is 36.9 Å². The van der Waals surface area contributed by atoms with Crippen LogP contribution in [0.25, 0.3) is 0 Å². The molecule has 1 amide bonds. The number of carbonyl (C=O) groups is 1. The molecule has 0 saturated carbocycles. The summed E-state index contributed by atoms with van der Waals surface area (Å²) in [5.41, 5.74) is 0. The van der Waals surface area contributed by atoms with Gasteiger partial charge in [0.15, 0.2) is 0 Å². The minimum Gasteiger partial charge on any atom is -0.394 e. The Bertz CT molecular complexity index is 902. The second-order valence-corrected chi connectivity index (χ2v) is 21.1. The molecule has 0 aliphatic rings. The highest BCUT2D eigenvalue weighted by Gasteiger charge is 2.28. The van der Waals surface area contributed by atoms with Gasteiger partial charge >= 0.3 is 0 Å². The van der Waals surface area contributed by atoms with Crippen LogP contribution in [0.1, 0.15) is 341 Å². The van der Waals surface area contributed by atoms with E-state index in [2.05, 4.69) is 19.2 Å². The highest BCUT2D eigenvalue weighted by atomic mass is 16.3. The van der Waals surface area contributed by atoms with Gasteiger partial charge in [0.1, 0.15) is 12.2 Å². The number of unbranched alkanes of at least 4 members (excludes halogenated alkanes) is 47. The summed E-state index contributed by atoms with van der Waals surface area (Å²) in [6, 6.07) is -0.981. The molecule has 0 fully saturated rings. The summed E-state index contributed by atoms with van der Waals surface area (Å²) in [5.74, 6) is -0.575. The molecule has 0 aromatic carbocycles. The number of amides is 1. The largest absolute Gasteiger partial charge is 0.394 e. The Morgan fingerprint density at radius 3 is 0.738 bits per heavy atom. The Labute approximate surface area is 407 Å². The van der Waals surface area contributed by atoms with Gasteiger partial charge in [-0.3, -0.25) is 4.79 Å². The maximum Gasteiger partial charge on any atom is 0.249 e. The number of aliphatic hydroxyl groups is 4. The molecule has 65 heavy (non-hydrogen) atoms. The van der Waals surface area contributed by atoms with Crippen molar-refractivity contribution in [3.8, 4) is 0 Å². The summed E-state index contributed by atoms with van der Waals surface area (Å²) in [6.07, 6.45) is 63.2. The van der Waals surface area contributed by atoms with Crippen molar-refractivity contribution in [2.75, 3.05) is 6.61 Å². The van der Waals surface area contributed by atoms with Crippen LogP contribution in [0, 0.1) is 0 Å². The van der Waals surface area contributed by atoms with Crippen LogP contribution in [-0.4, -0.2) is 57.3 Å². The molecule has 4 unspecified atom stereocenters. The van der Waals surface area contributed by atoms with Crippen molar-refractivity contribution in [3.63, 3.8) is 0 Å². The molecule has 0 saturated heterocycles. The molecule has 0 aromatic heterocycles. The summed E-state index contributed by atoms with van der Waals surface area (Å²) >= 11 is 0. The molecule has 0 heterocycles. The van der Waals surface area contributed by atoms with E-state index in [4.69, 9.17) is 0 Å². The minimum absolute atomic E-state index is 0.376. The SMILES string of the molecule is CCCCCCCCCCCCCCCCCCCCCCCCCCCCCC(O)C(O)C(CO)NC(=O)C(O)CCCCCCCCCCCCCCCCCCCCCCCC. The molecule has 6 heteroatoms. The minimum atomic E-state index is -1.26. The first-order chi connectivity index (χ1) is 32.0. The molecule has 0 aliphatic carbocycles. The topological polar surface area (TPSA) is 110 Å². The first kappa shape index (κ1) is 64.3. The van der Waals surface area contributed by atoms with Crippen molar-refractivity contribution in [1.29, 1.82) is 0 Å². The van der Waals surface area contributed by atoms with Crippen molar-refractivity contribution < 1.29 is 25.2 Å². The third kappa shape index (κ3) is 48.1. The number of hydrogen-bond donors (Lipinski definition) is 5. The van der Waals surface area contributed by atoms with Gasteiger partial charge in [-0.15, -0.1) is 0 Å². The smallest absolute Gasteiger partial charge is 0.249 e. The predicted molar refractivity (Wildman–Crippen MR) is 284 cm³/mol. The zero-order chi connectivity index (χ0) is 47.4. The van der Waals surface area contributed by atoms with Crippen LogP contribution in [0.4, 0.5) is 0 Å². The number of aliphatic hydroxyl groups excluding tert-OH is 4. The van der Waals surface area contributed by atoms with Gasteiger partial charge in [-0.25, -0.2) is 0 Å². The van der Waals surface area contributed by atoms with Crippen LogP contribution in [0.5, 0.6) is 0 Å². The number of hydrogen-bond acceptors (Lipinski definition) is 5. The van der Waals surface area contributed by atoms with Gasteiger partial charge in [-0.05, 0) is 12.8 Å². The van der Waals surface area contributed by atoms with Crippen molar-refractivity contribution >= 4 is 5.91 Å². The fourth-order valence-corrected chi connectivity index (χ4v) is 9.88. The van der Waals surface area contributed by atoms with Gasteiger partial charge < -0.3 is 25.7 Å². The van der Waals surface area contributed by atoms with Crippen LogP contribution in [0.3, 0.4) is 0 Å². The normalized spacial score (nSPS) is 13.6. The van der Waals surface area contributed by atoms with Crippen LogP contribution in [0.2, 0.25) is 0 Å². The molecule has 390 valence electrons. The summed E-state index contributed by atoms with van der Waals surface area (Å²) in [5, 5.41) is 44.1. The summed E-state index contributed by atoms with van der Waals surface area (Å²) < 4.78 is 0. The second kappa shape index (κ2) is 54.3. The molecule has 0 bridgehead atoms. The highest BCUT2D eigenvalue weighted by Crippen LogP contribution is 2.19. The Morgan fingerprint density at radius 2 is 0.523 bits per heavy atom. The molecule has 0 spiro atoms. The third-order valence-corrected chi connectivity index (χ3v) is 14.6. The predicted octanol–water partition coefficient (Wildman–Crippen LogP) is 17.5. The van der Waals surface area contributed by atoms with Gasteiger partial charge in [0.2, 0.25) is 5.91 Å². The van der Waals surface area contributed by atoms with Gasteiger partial charge in [0.25, 0.3) is 0 Å². The summed E-state index contributed by atoms with van der Waals surface area (Å²) in [7, 11) is 0. The fraction of sp³-hybridized carbons (Fsp3) is 0.983. The van der Waals surface area contributed by atoms with E-state index in [1.807, 2.05) is 0 Å². The van der Waals surface area contributed by atoms with E-state index in [1.165, 1.54) is 276 Å². The second-order valence-electron chi connectivity index (χ2n) is 21.1. The van der Waals surface area contributed by atoms with Gasteiger partial charge in [0.05, 0.1) is 18.8 Å². The van der Waals surface area contributed by atoms with Crippen LogP contribution >= 0.6 is 0 Å². The number of carbonyl (C=O) groups excluding carboxylic acids is 1. The standard InChI is InChI=1S/C59H119NO5/c1-3-5-7-9-11-13-15-17-19-21-23-25-27-28-29-30-31-33-34-36-38-40-42-44-46-48-50-52-56(62)58(64)55(54-61)60-59(65)57(63)53-51-49-47-45-43-41-39-37-35-32-26-24-22-20-18-16-14-12-10-8-6-4-2/h55-58,61-64H,3-54H2,1-2H3,(H,60,65). The average molecular weight is 923 g/mol. The molecule has 0 rings (SSSR count). The molecule has 0 aromatic rings. The lowest BCUT2D eigenvalue weighted by atomic mass is 9.99. The Morgan fingerprint density at radius 1 is 0.323 bits per heavy atom. The lowest BCUT2D eigenvalue weighted by Gasteiger charge is -2.27. The van der Waals surface area contributed by atoms with Crippen molar-refractivity contribution in [2.45, 2.75) is 366 Å². The zero-order valence-electron chi connectivity index (χ0n) is 44.3. The Kier molecular flexibility index (Phi) is 53.7. The van der Waals surface area contributed by atoms with Crippen molar-refractivity contribution in [3.05, 3.63) is 0 Å². The van der Waals surface area contributed by atoms with E-state index in [1.54, 1.807) is 0 Å². The Balaban J connectivity index is 3.56. The van der Waals surface area contributed by atoms with E-state index in [-0.39, 0.29) is 0 Å². The van der Waals surface area contributed by atoms with E-state index in [9.17, 15) is 25.2 Å². The summed E-state index contributed by atoms with van der Waals surface area (Å²) in [4.78, 5) is 12.6. The first-order valence-corrected chi connectivity index (χ1v) is 29.9. The van der Waals surface area contributed by atoms with Crippen LogP contribution in [0.15, 0.2) is 0 Å². The van der Waals surface area contributed by atoms with Crippen molar-refractivity contribution in [1.82, 2.24) is 5.32 Å². The van der Waals surface area contributed by atoms with Crippen LogP contribution in [-0.2, 0) is 4.79 Å². The van der Waals surface area contributed by atoms with Gasteiger partial charge in [0, 0.05) is 0 Å². The Hall–Kier alpha value is -0.690. The van der Waals surface area contributed by atoms with Crippen LogP contribution < -0.4 is 5.32 Å². The van der Waals surface area contributed by atoms with Gasteiger partial charge in [-0.2, -0.15) is 0 Å². The van der Waals surface area contributed by atoms with Gasteiger partial charge in [-0.1, -0.05) is 328 Å². The molecule has 5 N–H and O–H groups in total. The summed E-state index contributed by atoms with van der Waals surface area (Å²) in [6.45, 7) is 4.11. The maximum atomic E-state index is 12.6. The monoisotopic (exact) mass is 922 g/mol. The number of rotatable bonds is 56. The highest BCUT2D eigenvalue weighted by molar-refractivity contribution is 5.80. The van der Waals surface area contributed by atoms with E-state index >= 15 is 0 Å². The number of nitrogens with one attached hydrogen (secondary N) is 1. The van der Waals surface area contributed by atoms with E-state index in [0.29, 0.717) is 12.8 Å². The quantitative estimate of drug-likeness (QED) is 0.0390. The first-order valence-electron chi connectivity index (χ1n) is 29.9. The molecular formula is C59H119NO5. The molecular weight excluding hydrogens is 803 g/mol. The molecule has 0 aliphatic heterocycles. The van der Waals surface area contributed by atoms with Crippen molar-refractivity contribution in [2.24, 2.45) is 0 Å². The molecule has 6 nitrogen and oxygen atoms in total. The third-order valence-electron chi connectivity index (χ3n) is 14.6. The lowest BCUT2D eigenvalue weighted by Crippen LogP contribution is -2.53. The maximum absolute atomic E-state index is 12.6. The lowest BCUT2D eigenvalue weighted by molar-refractivity contribution is -0.132. The fourth-order valence-electron chi connectivity index (χ4n) is 9.88.